The number of hydrogen-bond donors (Lipinski definition) is 2. The predicted octanol–water partition coefficient (Wildman–Crippen LogP) is 5.50. The number of carbonyl (C=O) groups is 2. The van der Waals surface area contributed by atoms with Gasteiger partial charge in [0.05, 0.1) is 0 Å². The van der Waals surface area contributed by atoms with Gasteiger partial charge in [0, 0.05) is 32.5 Å². The lowest BCUT2D eigenvalue weighted by molar-refractivity contribution is 0.102. The number of benzene rings is 3. The van der Waals surface area contributed by atoms with Gasteiger partial charge in [-0.05, 0) is 54.6 Å². The summed E-state index contributed by atoms with van der Waals surface area (Å²) in [5, 5.41) is 6.31. The highest BCUT2D eigenvalue weighted by molar-refractivity contribution is 6.35. The minimum absolute atomic E-state index is 0.226. The summed E-state index contributed by atoms with van der Waals surface area (Å²) in [4.78, 5) is 24.5. The molecule has 0 saturated carbocycles. The van der Waals surface area contributed by atoms with E-state index in [9.17, 15) is 9.59 Å². The van der Waals surface area contributed by atoms with Crippen LogP contribution in [0.5, 0.6) is 0 Å². The fourth-order valence-electron chi connectivity index (χ4n) is 2.32. The topological polar surface area (TPSA) is 58.2 Å². The van der Waals surface area contributed by atoms with Crippen molar-refractivity contribution in [2.75, 3.05) is 10.6 Å². The smallest absolute Gasteiger partial charge is 0.255 e. The van der Waals surface area contributed by atoms with Crippen LogP contribution in [0.2, 0.25) is 10.0 Å². The van der Waals surface area contributed by atoms with Gasteiger partial charge in [-0.2, -0.15) is 0 Å². The van der Waals surface area contributed by atoms with Crippen LogP contribution in [0.15, 0.2) is 72.8 Å². The van der Waals surface area contributed by atoms with Gasteiger partial charge in [-0.15, -0.1) is 0 Å². The second-order valence-electron chi connectivity index (χ2n) is 5.51. The first kappa shape index (κ1) is 18.0. The molecule has 0 atom stereocenters. The summed E-state index contributed by atoms with van der Waals surface area (Å²) in [6.07, 6.45) is 0. The zero-order valence-electron chi connectivity index (χ0n) is 13.5. The van der Waals surface area contributed by atoms with E-state index in [2.05, 4.69) is 10.6 Å². The van der Waals surface area contributed by atoms with E-state index < -0.39 is 0 Å². The molecule has 0 bridgehead atoms. The summed E-state index contributed by atoms with van der Waals surface area (Å²) in [5.41, 5.74) is 2.11. The molecular weight excluding hydrogens is 371 g/mol. The van der Waals surface area contributed by atoms with Crippen LogP contribution >= 0.6 is 23.2 Å². The van der Waals surface area contributed by atoms with E-state index in [1.807, 2.05) is 30.3 Å². The molecule has 6 heteroatoms. The number of carbonyl (C=O) groups excluding carboxylic acids is 2. The fraction of sp³-hybridized carbons (Fsp3) is 0. The van der Waals surface area contributed by atoms with Crippen molar-refractivity contribution < 1.29 is 9.59 Å². The third-order valence-electron chi connectivity index (χ3n) is 3.56. The Kier molecular flexibility index (Phi) is 5.56. The largest absolute Gasteiger partial charge is 0.322 e. The Bertz CT molecular complexity index is 922. The zero-order chi connectivity index (χ0) is 18.5. The molecule has 2 amide bonds. The van der Waals surface area contributed by atoms with Crippen LogP contribution < -0.4 is 10.6 Å². The van der Waals surface area contributed by atoms with Crippen molar-refractivity contribution in [2.24, 2.45) is 0 Å². The monoisotopic (exact) mass is 384 g/mol. The van der Waals surface area contributed by atoms with Crippen LogP contribution in [0.3, 0.4) is 0 Å². The van der Waals surface area contributed by atoms with Gasteiger partial charge in [-0.25, -0.2) is 0 Å². The third-order valence-corrected chi connectivity index (χ3v) is 4.00. The van der Waals surface area contributed by atoms with Gasteiger partial charge in [0.25, 0.3) is 11.8 Å². The van der Waals surface area contributed by atoms with E-state index in [0.29, 0.717) is 32.5 Å². The van der Waals surface area contributed by atoms with Crippen LogP contribution in [0.25, 0.3) is 0 Å². The van der Waals surface area contributed by atoms with Gasteiger partial charge in [-0.3, -0.25) is 9.59 Å². The van der Waals surface area contributed by atoms with Crippen molar-refractivity contribution in [3.63, 3.8) is 0 Å². The SMILES string of the molecule is O=C(Nc1ccccc1)c1ccc(NC(=O)c2cc(Cl)cc(Cl)c2)cc1. The van der Waals surface area contributed by atoms with E-state index in [0.717, 1.165) is 0 Å². The highest BCUT2D eigenvalue weighted by Gasteiger charge is 2.10. The second-order valence-corrected chi connectivity index (χ2v) is 6.38. The van der Waals surface area contributed by atoms with Crippen molar-refractivity contribution in [3.05, 3.63) is 94.0 Å². The number of halogens is 2. The quantitative estimate of drug-likeness (QED) is 0.623. The molecule has 3 aromatic carbocycles. The second kappa shape index (κ2) is 8.04. The molecule has 2 N–H and O–H groups in total. The highest BCUT2D eigenvalue weighted by atomic mass is 35.5. The molecular formula is C20H14Cl2N2O2. The fourth-order valence-corrected chi connectivity index (χ4v) is 2.84. The first-order valence-electron chi connectivity index (χ1n) is 7.75. The molecule has 3 rings (SSSR count). The minimum Gasteiger partial charge on any atom is -0.322 e. The van der Waals surface area contributed by atoms with Gasteiger partial charge in [-0.1, -0.05) is 41.4 Å². The van der Waals surface area contributed by atoms with Crippen LogP contribution in [-0.4, -0.2) is 11.8 Å². The maximum Gasteiger partial charge on any atom is 0.255 e. The minimum atomic E-state index is -0.337. The summed E-state index contributed by atoms with van der Waals surface area (Å²) in [7, 11) is 0. The molecule has 130 valence electrons. The van der Waals surface area contributed by atoms with Gasteiger partial charge in [0.15, 0.2) is 0 Å². The Balaban J connectivity index is 1.67. The average molecular weight is 385 g/mol. The Morgan fingerprint density at radius 3 is 1.69 bits per heavy atom. The van der Waals surface area contributed by atoms with E-state index in [4.69, 9.17) is 23.2 Å². The van der Waals surface area contributed by atoms with Gasteiger partial charge >= 0.3 is 0 Å². The molecule has 0 aliphatic carbocycles. The first-order valence-corrected chi connectivity index (χ1v) is 8.51. The summed E-state index contributed by atoms with van der Waals surface area (Å²) in [5.74, 6) is -0.563. The van der Waals surface area contributed by atoms with Crippen molar-refractivity contribution in [2.45, 2.75) is 0 Å². The lowest BCUT2D eigenvalue weighted by atomic mass is 10.1. The summed E-state index contributed by atoms with van der Waals surface area (Å²) in [6, 6.07) is 20.4. The normalized spacial score (nSPS) is 10.2. The Morgan fingerprint density at radius 1 is 0.615 bits per heavy atom. The summed E-state index contributed by atoms with van der Waals surface area (Å²) < 4.78 is 0. The Hall–Kier alpha value is -2.82. The number of amides is 2. The number of para-hydroxylation sites is 1. The van der Waals surface area contributed by atoms with Crippen molar-refractivity contribution in [3.8, 4) is 0 Å². The van der Waals surface area contributed by atoms with Gasteiger partial charge in [0.1, 0.15) is 0 Å². The van der Waals surface area contributed by atoms with Crippen LogP contribution in [-0.2, 0) is 0 Å². The van der Waals surface area contributed by atoms with E-state index in [-0.39, 0.29) is 11.8 Å². The molecule has 0 saturated heterocycles. The molecule has 0 heterocycles. The van der Waals surface area contributed by atoms with Crippen molar-refractivity contribution in [1.29, 1.82) is 0 Å². The lowest BCUT2D eigenvalue weighted by Gasteiger charge is -2.08. The molecule has 0 spiro atoms. The lowest BCUT2D eigenvalue weighted by Crippen LogP contribution is -2.13. The summed E-state index contributed by atoms with van der Waals surface area (Å²) in [6.45, 7) is 0. The number of hydrogen-bond acceptors (Lipinski definition) is 2. The molecule has 4 nitrogen and oxygen atoms in total. The third kappa shape index (κ3) is 4.63. The molecule has 0 unspecified atom stereocenters. The molecule has 0 aromatic heterocycles. The predicted molar refractivity (Wildman–Crippen MR) is 105 cm³/mol. The van der Waals surface area contributed by atoms with Crippen molar-refractivity contribution in [1.82, 2.24) is 0 Å². The standard InChI is InChI=1S/C20H14Cl2N2O2/c21-15-10-14(11-16(22)12-15)20(26)24-18-8-6-13(7-9-18)19(25)23-17-4-2-1-3-5-17/h1-12H,(H,23,25)(H,24,26). The van der Waals surface area contributed by atoms with E-state index in [1.54, 1.807) is 30.3 Å². The molecule has 26 heavy (non-hydrogen) atoms. The maximum absolute atomic E-state index is 12.3. The zero-order valence-corrected chi connectivity index (χ0v) is 15.0. The molecule has 0 radical (unpaired) electrons. The van der Waals surface area contributed by atoms with Crippen molar-refractivity contribution >= 4 is 46.4 Å². The number of anilines is 2. The van der Waals surface area contributed by atoms with E-state index in [1.165, 1.54) is 12.1 Å². The Labute approximate surface area is 160 Å². The molecule has 0 aliphatic heterocycles. The maximum atomic E-state index is 12.3. The Morgan fingerprint density at radius 2 is 1.12 bits per heavy atom. The number of rotatable bonds is 4. The first-order chi connectivity index (χ1) is 12.5. The summed E-state index contributed by atoms with van der Waals surface area (Å²) >= 11 is 11.8. The van der Waals surface area contributed by atoms with Gasteiger partial charge < -0.3 is 10.6 Å². The molecule has 3 aromatic rings. The van der Waals surface area contributed by atoms with E-state index >= 15 is 0 Å². The van der Waals surface area contributed by atoms with Crippen LogP contribution in [0, 0.1) is 0 Å². The highest BCUT2D eigenvalue weighted by Crippen LogP contribution is 2.20. The number of nitrogens with one attached hydrogen (secondary N) is 2. The van der Waals surface area contributed by atoms with Crippen LogP contribution in [0.4, 0.5) is 11.4 Å². The van der Waals surface area contributed by atoms with Gasteiger partial charge in [0.2, 0.25) is 0 Å². The molecule has 0 aliphatic rings. The molecule has 0 fully saturated rings. The average Bonchev–Trinajstić information content (AvgIpc) is 2.62. The van der Waals surface area contributed by atoms with Crippen LogP contribution in [0.1, 0.15) is 20.7 Å².